The molecule has 0 unspecified atom stereocenters. The van der Waals surface area contributed by atoms with E-state index in [9.17, 15) is 9.59 Å². The molecule has 2 rings (SSSR count). The number of amides is 2. The summed E-state index contributed by atoms with van der Waals surface area (Å²) in [5.41, 5.74) is -0.496. The molecular weight excluding hydrogens is 292 g/mol. The minimum absolute atomic E-state index is 0.00257. The molecule has 2 amide bonds. The second-order valence-corrected chi connectivity index (χ2v) is 7.16. The number of halogens is 1. The van der Waals surface area contributed by atoms with Crippen LogP contribution in [0.3, 0.4) is 0 Å². The first-order chi connectivity index (χ1) is 9.81. The maximum absolute atomic E-state index is 12.5. The van der Waals surface area contributed by atoms with E-state index in [4.69, 9.17) is 16.3 Å². The molecule has 0 aromatic rings. The molecule has 1 saturated heterocycles. The lowest BCUT2D eigenvalue weighted by Crippen LogP contribution is -2.53. The van der Waals surface area contributed by atoms with Crippen LogP contribution in [0.15, 0.2) is 0 Å². The highest BCUT2D eigenvalue weighted by molar-refractivity contribution is 6.27. The molecule has 1 atom stereocenters. The van der Waals surface area contributed by atoms with E-state index in [0.717, 1.165) is 32.2 Å². The van der Waals surface area contributed by atoms with Gasteiger partial charge in [-0.2, -0.15) is 0 Å². The lowest BCUT2D eigenvalue weighted by molar-refractivity contribution is -0.130. The molecule has 1 aliphatic heterocycles. The van der Waals surface area contributed by atoms with Crippen LogP contribution in [0.5, 0.6) is 0 Å². The first kappa shape index (κ1) is 16.4. The SMILES string of the molecule is CC(C)(C)OC(=O)N(C1CC1)[C@H]1CCCN(C(=O)CCl)C1. The predicted molar refractivity (Wildman–Crippen MR) is 81.4 cm³/mol. The highest BCUT2D eigenvalue weighted by Gasteiger charge is 2.41. The summed E-state index contributed by atoms with van der Waals surface area (Å²) >= 11 is 5.64. The van der Waals surface area contributed by atoms with E-state index in [0.29, 0.717) is 6.54 Å². The van der Waals surface area contributed by atoms with Gasteiger partial charge in [0.1, 0.15) is 11.5 Å². The van der Waals surface area contributed by atoms with Crippen LogP contribution in [0, 0.1) is 0 Å². The summed E-state index contributed by atoms with van der Waals surface area (Å²) < 4.78 is 5.53. The van der Waals surface area contributed by atoms with Gasteiger partial charge in [-0.05, 0) is 46.5 Å². The summed E-state index contributed by atoms with van der Waals surface area (Å²) in [4.78, 5) is 27.9. The molecule has 2 aliphatic rings. The number of hydrogen-bond donors (Lipinski definition) is 0. The standard InChI is InChI=1S/C15H25ClN2O3/c1-15(2,3)21-14(20)18(11-6-7-11)12-5-4-8-17(10-12)13(19)9-16/h11-12H,4-10H2,1-3H3/t12-/m0/s1. The average Bonchev–Trinajstić information content (AvgIpc) is 3.21. The minimum Gasteiger partial charge on any atom is -0.444 e. The van der Waals surface area contributed by atoms with Gasteiger partial charge in [0.05, 0.1) is 6.04 Å². The van der Waals surface area contributed by atoms with Crippen molar-refractivity contribution in [2.45, 2.75) is 64.1 Å². The number of nitrogens with zero attached hydrogens (tertiary/aromatic N) is 2. The number of ether oxygens (including phenoxy) is 1. The van der Waals surface area contributed by atoms with Gasteiger partial charge in [0.15, 0.2) is 0 Å². The van der Waals surface area contributed by atoms with Crippen molar-refractivity contribution in [2.75, 3.05) is 19.0 Å². The summed E-state index contributed by atoms with van der Waals surface area (Å²) in [6.07, 6.45) is 3.62. The first-order valence-corrected chi connectivity index (χ1v) is 8.20. The van der Waals surface area contributed by atoms with Gasteiger partial charge in [-0.15, -0.1) is 11.6 Å². The van der Waals surface area contributed by atoms with E-state index in [2.05, 4.69) is 0 Å². The topological polar surface area (TPSA) is 49.9 Å². The number of hydrogen-bond acceptors (Lipinski definition) is 3. The molecule has 0 aromatic heterocycles. The number of carbonyl (C=O) groups excluding carboxylic acids is 2. The van der Waals surface area contributed by atoms with Crippen LogP contribution in [-0.4, -0.2) is 58.5 Å². The summed E-state index contributed by atoms with van der Waals surface area (Å²) in [6, 6.07) is 0.323. The fourth-order valence-corrected chi connectivity index (χ4v) is 2.93. The monoisotopic (exact) mass is 316 g/mol. The van der Waals surface area contributed by atoms with Gasteiger partial charge in [0, 0.05) is 19.1 Å². The Balaban J connectivity index is 2.04. The molecule has 0 radical (unpaired) electrons. The normalized spacial score (nSPS) is 22.9. The van der Waals surface area contributed by atoms with Gasteiger partial charge in [0.25, 0.3) is 0 Å². The highest BCUT2D eigenvalue weighted by atomic mass is 35.5. The molecular formula is C15H25ClN2O3. The van der Waals surface area contributed by atoms with Gasteiger partial charge in [0.2, 0.25) is 5.91 Å². The quantitative estimate of drug-likeness (QED) is 0.752. The van der Waals surface area contributed by atoms with Gasteiger partial charge < -0.3 is 14.5 Å². The third-order valence-corrected chi connectivity index (χ3v) is 4.03. The molecule has 1 aliphatic carbocycles. The minimum atomic E-state index is -0.496. The number of rotatable bonds is 3. The van der Waals surface area contributed by atoms with Crippen molar-refractivity contribution in [3.05, 3.63) is 0 Å². The lowest BCUT2D eigenvalue weighted by Gasteiger charge is -2.39. The smallest absolute Gasteiger partial charge is 0.410 e. The zero-order chi connectivity index (χ0) is 15.6. The van der Waals surface area contributed by atoms with E-state index >= 15 is 0 Å². The van der Waals surface area contributed by atoms with E-state index in [1.807, 2.05) is 25.7 Å². The average molecular weight is 317 g/mol. The molecule has 5 nitrogen and oxygen atoms in total. The Bertz CT molecular complexity index is 404. The Morgan fingerprint density at radius 2 is 1.90 bits per heavy atom. The van der Waals surface area contributed by atoms with Crippen LogP contribution in [0.1, 0.15) is 46.5 Å². The van der Waals surface area contributed by atoms with Crippen LogP contribution >= 0.6 is 11.6 Å². The largest absolute Gasteiger partial charge is 0.444 e. The molecule has 0 spiro atoms. The zero-order valence-electron chi connectivity index (χ0n) is 13.1. The van der Waals surface area contributed by atoms with Gasteiger partial charge in [-0.25, -0.2) is 4.79 Å². The summed E-state index contributed by atoms with van der Waals surface area (Å²) in [5, 5.41) is 0. The van der Waals surface area contributed by atoms with Crippen LogP contribution in [0.4, 0.5) is 4.79 Å². The number of piperidine rings is 1. The van der Waals surface area contributed by atoms with E-state index in [1.54, 1.807) is 4.90 Å². The predicted octanol–water partition coefficient (Wildman–Crippen LogP) is 2.62. The van der Waals surface area contributed by atoms with E-state index < -0.39 is 5.60 Å². The van der Waals surface area contributed by atoms with Crippen LogP contribution < -0.4 is 0 Å². The molecule has 0 bridgehead atoms. The van der Waals surface area contributed by atoms with Crippen molar-refractivity contribution in [1.82, 2.24) is 9.80 Å². The van der Waals surface area contributed by atoms with Crippen molar-refractivity contribution in [3.63, 3.8) is 0 Å². The maximum Gasteiger partial charge on any atom is 0.410 e. The Hall–Kier alpha value is -0.970. The highest BCUT2D eigenvalue weighted by Crippen LogP contribution is 2.32. The third kappa shape index (κ3) is 4.50. The van der Waals surface area contributed by atoms with Crippen LogP contribution in [0.2, 0.25) is 0 Å². The fourth-order valence-electron chi connectivity index (χ4n) is 2.76. The Morgan fingerprint density at radius 3 is 2.43 bits per heavy atom. The van der Waals surface area contributed by atoms with Crippen LogP contribution in [-0.2, 0) is 9.53 Å². The molecule has 0 N–H and O–H groups in total. The third-order valence-electron chi connectivity index (χ3n) is 3.80. The Kier molecular flexibility index (Phi) is 5.02. The van der Waals surface area contributed by atoms with E-state index in [-0.39, 0.29) is 30.0 Å². The molecule has 21 heavy (non-hydrogen) atoms. The first-order valence-electron chi connectivity index (χ1n) is 7.67. The molecule has 1 heterocycles. The van der Waals surface area contributed by atoms with Crippen molar-refractivity contribution in [3.8, 4) is 0 Å². The fraction of sp³-hybridized carbons (Fsp3) is 0.867. The second kappa shape index (κ2) is 6.42. The van der Waals surface area contributed by atoms with Gasteiger partial charge in [-0.3, -0.25) is 4.79 Å². The van der Waals surface area contributed by atoms with E-state index in [1.165, 1.54) is 0 Å². The second-order valence-electron chi connectivity index (χ2n) is 6.89. The number of likely N-dealkylation sites (tertiary alicyclic amines) is 1. The molecule has 2 fully saturated rings. The zero-order valence-corrected chi connectivity index (χ0v) is 13.9. The molecule has 0 aromatic carbocycles. The number of carbonyl (C=O) groups is 2. The van der Waals surface area contributed by atoms with Crippen molar-refractivity contribution in [2.24, 2.45) is 0 Å². The van der Waals surface area contributed by atoms with Crippen molar-refractivity contribution < 1.29 is 14.3 Å². The van der Waals surface area contributed by atoms with Crippen LogP contribution in [0.25, 0.3) is 0 Å². The molecule has 120 valence electrons. The maximum atomic E-state index is 12.5. The Labute approximate surface area is 131 Å². The summed E-state index contributed by atoms with van der Waals surface area (Å²) in [7, 11) is 0. The van der Waals surface area contributed by atoms with Crippen molar-refractivity contribution >= 4 is 23.6 Å². The molecule has 6 heteroatoms. The summed E-state index contributed by atoms with van der Waals surface area (Å²) in [6.45, 7) is 6.93. The number of alkyl halides is 1. The lowest BCUT2D eigenvalue weighted by atomic mass is 10.0. The van der Waals surface area contributed by atoms with Gasteiger partial charge >= 0.3 is 6.09 Å². The van der Waals surface area contributed by atoms with Crippen molar-refractivity contribution in [1.29, 1.82) is 0 Å². The van der Waals surface area contributed by atoms with Gasteiger partial charge in [-0.1, -0.05) is 0 Å². The molecule has 1 saturated carbocycles. The Morgan fingerprint density at radius 1 is 1.24 bits per heavy atom. The summed E-state index contributed by atoms with van der Waals surface area (Å²) in [5.74, 6) is -0.0518.